The van der Waals surface area contributed by atoms with Gasteiger partial charge in [0.1, 0.15) is 0 Å². The lowest BCUT2D eigenvalue weighted by molar-refractivity contribution is 0.269. The lowest BCUT2D eigenvalue weighted by atomic mass is 10.3. The van der Waals surface area contributed by atoms with Crippen LogP contribution in [0.5, 0.6) is 0 Å². The van der Waals surface area contributed by atoms with Gasteiger partial charge in [-0.3, -0.25) is 9.36 Å². The highest BCUT2D eigenvalue weighted by Gasteiger charge is 2.06. The molecule has 2 aromatic rings. The summed E-state index contributed by atoms with van der Waals surface area (Å²) in [6.45, 7) is 3.47. The van der Waals surface area contributed by atoms with E-state index in [1.54, 1.807) is 17.1 Å². The van der Waals surface area contributed by atoms with Gasteiger partial charge in [0.15, 0.2) is 0 Å². The number of hydrogen-bond donors (Lipinski definition) is 2. The molecule has 0 fully saturated rings. The number of nitrogens with zero attached hydrogens (tertiary/aromatic N) is 4. The van der Waals surface area contributed by atoms with Crippen molar-refractivity contribution in [2.24, 2.45) is 0 Å². The van der Waals surface area contributed by atoms with E-state index in [-0.39, 0.29) is 12.6 Å². The second-order valence-corrected chi connectivity index (χ2v) is 5.06. The summed E-state index contributed by atoms with van der Waals surface area (Å²) >= 11 is 3.37. The largest absolute Gasteiger partial charge is 0.394 e. The maximum Gasteiger partial charge on any atom is 0.0729 e. The Labute approximate surface area is 114 Å². The van der Waals surface area contributed by atoms with Crippen LogP contribution in [-0.2, 0) is 13.1 Å². The summed E-state index contributed by atoms with van der Waals surface area (Å²) < 4.78 is 4.56. The van der Waals surface area contributed by atoms with Crippen LogP contribution in [0.4, 0.5) is 5.69 Å². The van der Waals surface area contributed by atoms with Crippen LogP contribution in [0.2, 0.25) is 0 Å². The summed E-state index contributed by atoms with van der Waals surface area (Å²) in [7, 11) is 0. The number of rotatable bonds is 6. The van der Waals surface area contributed by atoms with Crippen molar-refractivity contribution >= 4 is 21.6 Å². The molecule has 0 spiro atoms. The zero-order valence-corrected chi connectivity index (χ0v) is 11.7. The van der Waals surface area contributed by atoms with Gasteiger partial charge in [-0.25, -0.2) is 0 Å². The van der Waals surface area contributed by atoms with Gasteiger partial charge < -0.3 is 10.4 Å². The Kier molecular flexibility index (Phi) is 4.38. The van der Waals surface area contributed by atoms with Crippen molar-refractivity contribution in [2.45, 2.75) is 26.1 Å². The first-order chi connectivity index (χ1) is 8.67. The molecule has 2 rings (SSSR count). The van der Waals surface area contributed by atoms with Gasteiger partial charge in [-0.1, -0.05) is 0 Å². The monoisotopic (exact) mass is 313 g/mol. The molecule has 98 valence electrons. The number of aliphatic hydroxyl groups is 1. The average molecular weight is 314 g/mol. The molecule has 0 aliphatic heterocycles. The first kappa shape index (κ1) is 13.1. The average Bonchev–Trinajstić information content (AvgIpc) is 2.89. The third-order valence-corrected chi connectivity index (χ3v) is 2.85. The van der Waals surface area contributed by atoms with Gasteiger partial charge >= 0.3 is 0 Å². The van der Waals surface area contributed by atoms with E-state index in [9.17, 15) is 0 Å². The van der Waals surface area contributed by atoms with Crippen LogP contribution < -0.4 is 5.32 Å². The van der Waals surface area contributed by atoms with E-state index in [1.165, 1.54) is 0 Å². The SMILES string of the molecule is CC(Cn1cc(Br)cn1)Nc1cnn(CCO)c1. The second kappa shape index (κ2) is 6.01. The van der Waals surface area contributed by atoms with Crippen molar-refractivity contribution in [1.29, 1.82) is 0 Å². The van der Waals surface area contributed by atoms with Crippen molar-refractivity contribution in [3.63, 3.8) is 0 Å². The van der Waals surface area contributed by atoms with Crippen molar-refractivity contribution in [2.75, 3.05) is 11.9 Å². The highest BCUT2D eigenvalue weighted by atomic mass is 79.9. The molecule has 2 aromatic heterocycles. The number of aliphatic hydroxyl groups excluding tert-OH is 1. The Morgan fingerprint density at radius 3 is 2.78 bits per heavy atom. The Balaban J connectivity index is 1.88. The molecule has 0 bridgehead atoms. The molecule has 6 nitrogen and oxygen atoms in total. The zero-order chi connectivity index (χ0) is 13.0. The Morgan fingerprint density at radius 1 is 1.33 bits per heavy atom. The van der Waals surface area contributed by atoms with E-state index in [4.69, 9.17) is 5.11 Å². The smallest absolute Gasteiger partial charge is 0.0729 e. The molecular formula is C11H16BrN5O. The minimum Gasteiger partial charge on any atom is -0.394 e. The summed E-state index contributed by atoms with van der Waals surface area (Å²) in [5, 5.41) is 20.5. The van der Waals surface area contributed by atoms with Gasteiger partial charge in [0.25, 0.3) is 0 Å². The molecule has 0 saturated heterocycles. The van der Waals surface area contributed by atoms with Gasteiger partial charge in [0.2, 0.25) is 0 Å². The fourth-order valence-corrected chi connectivity index (χ4v) is 2.04. The molecule has 2 N–H and O–H groups in total. The van der Waals surface area contributed by atoms with E-state index in [0.717, 1.165) is 16.7 Å². The van der Waals surface area contributed by atoms with Crippen LogP contribution in [0.1, 0.15) is 6.92 Å². The minimum atomic E-state index is 0.0952. The lowest BCUT2D eigenvalue weighted by Gasteiger charge is -2.13. The van der Waals surface area contributed by atoms with Crippen LogP contribution in [-0.4, -0.2) is 37.3 Å². The maximum absolute atomic E-state index is 8.81. The van der Waals surface area contributed by atoms with Crippen molar-refractivity contribution < 1.29 is 5.11 Å². The quantitative estimate of drug-likeness (QED) is 0.844. The summed E-state index contributed by atoms with van der Waals surface area (Å²) in [6, 6.07) is 0.239. The standard InChI is InChI=1S/C11H16BrN5O/c1-9(6-17-7-10(12)4-13-17)15-11-5-14-16(8-11)2-3-18/h4-5,7-9,15,18H,2-3,6H2,1H3. The van der Waals surface area contributed by atoms with Crippen LogP contribution in [0.25, 0.3) is 0 Å². The van der Waals surface area contributed by atoms with E-state index < -0.39 is 0 Å². The molecule has 0 aliphatic rings. The van der Waals surface area contributed by atoms with Crippen LogP contribution in [0.15, 0.2) is 29.3 Å². The molecule has 0 radical (unpaired) electrons. The molecule has 7 heteroatoms. The van der Waals surface area contributed by atoms with Crippen LogP contribution in [0, 0.1) is 0 Å². The molecule has 2 heterocycles. The molecule has 1 unspecified atom stereocenters. The number of halogens is 1. The highest BCUT2D eigenvalue weighted by molar-refractivity contribution is 9.10. The van der Waals surface area contributed by atoms with E-state index in [0.29, 0.717) is 6.54 Å². The molecule has 0 aromatic carbocycles. The Bertz CT molecular complexity index is 495. The number of hydrogen-bond acceptors (Lipinski definition) is 4. The summed E-state index contributed by atoms with van der Waals surface area (Å²) in [5.74, 6) is 0. The Morgan fingerprint density at radius 2 is 2.11 bits per heavy atom. The third kappa shape index (κ3) is 3.58. The van der Waals surface area contributed by atoms with Gasteiger partial charge in [-0.05, 0) is 22.9 Å². The molecule has 1 atom stereocenters. The third-order valence-electron chi connectivity index (χ3n) is 2.44. The van der Waals surface area contributed by atoms with Gasteiger partial charge in [-0.2, -0.15) is 10.2 Å². The molecule has 0 amide bonds. The van der Waals surface area contributed by atoms with Gasteiger partial charge in [0, 0.05) is 18.4 Å². The number of aromatic nitrogens is 4. The maximum atomic E-state index is 8.81. The van der Waals surface area contributed by atoms with E-state index >= 15 is 0 Å². The number of anilines is 1. The van der Waals surface area contributed by atoms with E-state index in [2.05, 4.69) is 38.4 Å². The second-order valence-electron chi connectivity index (χ2n) is 4.14. The first-order valence-corrected chi connectivity index (χ1v) is 6.54. The summed E-state index contributed by atoms with van der Waals surface area (Å²) in [5.41, 5.74) is 0.946. The first-order valence-electron chi connectivity index (χ1n) is 5.75. The fourth-order valence-electron chi connectivity index (χ4n) is 1.71. The van der Waals surface area contributed by atoms with Gasteiger partial charge in [0.05, 0.1) is 42.3 Å². The topological polar surface area (TPSA) is 67.9 Å². The number of nitrogens with one attached hydrogen (secondary N) is 1. The minimum absolute atomic E-state index is 0.0952. The van der Waals surface area contributed by atoms with Crippen LogP contribution in [0.3, 0.4) is 0 Å². The van der Waals surface area contributed by atoms with Crippen LogP contribution >= 0.6 is 15.9 Å². The predicted octanol–water partition coefficient (Wildman–Crippen LogP) is 1.33. The molecular weight excluding hydrogens is 298 g/mol. The predicted molar refractivity (Wildman–Crippen MR) is 72.3 cm³/mol. The molecule has 0 aliphatic carbocycles. The normalized spacial score (nSPS) is 12.6. The highest BCUT2D eigenvalue weighted by Crippen LogP contribution is 2.10. The van der Waals surface area contributed by atoms with Crippen molar-refractivity contribution in [3.8, 4) is 0 Å². The Hall–Kier alpha value is -1.34. The summed E-state index contributed by atoms with van der Waals surface area (Å²) in [6.07, 6.45) is 7.34. The molecule has 0 saturated carbocycles. The van der Waals surface area contributed by atoms with Crippen molar-refractivity contribution in [3.05, 3.63) is 29.3 Å². The molecule has 18 heavy (non-hydrogen) atoms. The van der Waals surface area contributed by atoms with E-state index in [1.807, 2.05) is 17.1 Å². The summed E-state index contributed by atoms with van der Waals surface area (Å²) in [4.78, 5) is 0. The lowest BCUT2D eigenvalue weighted by Crippen LogP contribution is -2.21. The zero-order valence-electron chi connectivity index (χ0n) is 10.1. The van der Waals surface area contributed by atoms with Gasteiger partial charge in [-0.15, -0.1) is 0 Å². The van der Waals surface area contributed by atoms with Crippen molar-refractivity contribution in [1.82, 2.24) is 19.6 Å². The fraction of sp³-hybridized carbons (Fsp3) is 0.455.